The molecule has 0 fully saturated rings. The summed E-state index contributed by atoms with van der Waals surface area (Å²) in [6.45, 7) is 12.5. The van der Waals surface area contributed by atoms with Gasteiger partial charge in [0.1, 0.15) is 10.5 Å². The molecule has 3 heteroatoms. The van der Waals surface area contributed by atoms with Crippen LogP contribution in [-0.2, 0) is 17.4 Å². The molecule has 0 saturated carbocycles. The number of hydrogen-bond acceptors (Lipinski definition) is 2. The van der Waals surface area contributed by atoms with Crippen molar-refractivity contribution in [2.75, 3.05) is 0 Å². The van der Waals surface area contributed by atoms with Crippen molar-refractivity contribution < 1.29 is 4.74 Å². The van der Waals surface area contributed by atoms with Crippen LogP contribution < -0.4 is 4.74 Å². The van der Waals surface area contributed by atoms with Gasteiger partial charge in [-0.1, -0.05) is 43.4 Å². The molecule has 3 rings (SSSR count). The molecule has 0 atom stereocenters. The molecule has 128 valence electrons. The van der Waals surface area contributed by atoms with E-state index in [2.05, 4.69) is 82.8 Å². The Bertz CT molecular complexity index is 769. The molecule has 0 spiro atoms. The molecule has 0 amide bonds. The first-order chi connectivity index (χ1) is 11.3. The van der Waals surface area contributed by atoms with E-state index in [9.17, 15) is 0 Å². The predicted molar refractivity (Wildman–Crippen MR) is 112 cm³/mol. The lowest BCUT2D eigenvalue weighted by Crippen LogP contribution is -2.13. The highest BCUT2D eigenvalue weighted by Crippen LogP contribution is 2.38. The van der Waals surface area contributed by atoms with Gasteiger partial charge in [0.25, 0.3) is 0 Å². The van der Waals surface area contributed by atoms with Crippen molar-refractivity contribution in [2.24, 2.45) is 0 Å². The number of benzene rings is 2. The van der Waals surface area contributed by atoms with Crippen LogP contribution in [0.25, 0.3) is 10.1 Å². The summed E-state index contributed by atoms with van der Waals surface area (Å²) < 4.78 is 7.41. The highest BCUT2D eigenvalue weighted by atomic mass is 32.1. The second-order valence-corrected chi connectivity index (χ2v) is 8.57. The number of thiophene rings is 1. The van der Waals surface area contributed by atoms with Gasteiger partial charge in [0.15, 0.2) is 5.06 Å². The van der Waals surface area contributed by atoms with E-state index in [-0.39, 0.29) is 4.75 Å². The number of hydrogen-bond donors (Lipinski definition) is 0. The molecule has 0 aliphatic heterocycles. The summed E-state index contributed by atoms with van der Waals surface area (Å²) >= 11 is 5.47. The molecule has 0 unspecified atom stereocenters. The molecule has 0 bridgehead atoms. The van der Waals surface area contributed by atoms with E-state index in [0.29, 0.717) is 0 Å². The molecule has 0 aliphatic rings. The molecule has 1 nitrogen and oxygen atoms in total. The van der Waals surface area contributed by atoms with Crippen molar-refractivity contribution >= 4 is 34.1 Å². The van der Waals surface area contributed by atoms with Crippen molar-refractivity contribution in [1.82, 2.24) is 0 Å². The van der Waals surface area contributed by atoms with E-state index in [1.165, 1.54) is 26.8 Å². The maximum Gasteiger partial charge on any atom is 0.182 e. The zero-order chi connectivity index (χ0) is 17.9. The van der Waals surface area contributed by atoms with E-state index in [1.807, 2.05) is 13.8 Å². The Morgan fingerprint density at radius 3 is 2.08 bits per heavy atom. The lowest BCUT2D eigenvalue weighted by atomic mass is 9.97. The van der Waals surface area contributed by atoms with Crippen molar-refractivity contribution in [2.45, 2.75) is 46.3 Å². The molecule has 0 N–H and O–H groups in total. The maximum atomic E-state index is 6.20. The smallest absolute Gasteiger partial charge is 0.182 e. The molecule has 0 saturated heterocycles. The Morgan fingerprint density at radius 1 is 0.958 bits per heavy atom. The molecule has 1 heterocycles. The molecule has 24 heavy (non-hydrogen) atoms. The highest BCUT2D eigenvalue weighted by molar-refractivity contribution is 7.59. The van der Waals surface area contributed by atoms with E-state index in [0.717, 1.165) is 10.8 Å². The summed E-state index contributed by atoms with van der Waals surface area (Å²) in [5, 5.41) is 2.17. The van der Waals surface area contributed by atoms with Crippen LogP contribution in [0.5, 0.6) is 10.8 Å². The van der Waals surface area contributed by atoms with Crippen molar-refractivity contribution in [1.29, 1.82) is 0 Å². The lowest BCUT2D eigenvalue weighted by molar-refractivity contribution is 0.488. The minimum absolute atomic E-state index is 0.0360. The van der Waals surface area contributed by atoms with E-state index in [1.54, 1.807) is 11.3 Å². The lowest BCUT2D eigenvalue weighted by Gasteiger charge is -2.17. The van der Waals surface area contributed by atoms with Crippen LogP contribution in [0.1, 0.15) is 44.4 Å². The molecule has 0 radical (unpaired) electrons. The minimum Gasteiger partial charge on any atom is -0.446 e. The third-order valence-electron chi connectivity index (χ3n) is 3.79. The van der Waals surface area contributed by atoms with Gasteiger partial charge in [0.2, 0.25) is 0 Å². The first-order valence-electron chi connectivity index (χ1n) is 8.38. The third-order valence-corrected chi connectivity index (χ3v) is 5.07. The zero-order valence-corrected chi connectivity index (χ0v) is 17.2. The Morgan fingerprint density at radius 2 is 1.54 bits per heavy atom. The molecule has 2 aromatic carbocycles. The van der Waals surface area contributed by atoms with Crippen LogP contribution in [0.15, 0.2) is 42.5 Å². The second kappa shape index (κ2) is 7.62. The van der Waals surface area contributed by atoms with Gasteiger partial charge in [0, 0.05) is 16.3 Å². The molecule has 3 aromatic rings. The Labute approximate surface area is 155 Å². The van der Waals surface area contributed by atoms with Crippen LogP contribution in [0.2, 0.25) is 0 Å². The van der Waals surface area contributed by atoms with Crippen LogP contribution >= 0.6 is 11.3 Å². The summed E-state index contributed by atoms with van der Waals surface area (Å²) in [6, 6.07) is 14.9. The summed E-state index contributed by atoms with van der Waals surface area (Å²) in [4.78, 5) is 0. The van der Waals surface area contributed by atoms with Crippen LogP contribution in [0.3, 0.4) is 0 Å². The molecule has 0 aliphatic carbocycles. The van der Waals surface area contributed by atoms with Gasteiger partial charge in [-0.3, -0.25) is 0 Å². The zero-order valence-electron chi connectivity index (χ0n) is 15.4. The Hall–Kier alpha value is -1.45. The van der Waals surface area contributed by atoms with Gasteiger partial charge < -0.3 is 4.74 Å². The Kier molecular flexibility index (Phi) is 6.00. The highest BCUT2D eigenvalue weighted by Gasteiger charge is 2.23. The van der Waals surface area contributed by atoms with Gasteiger partial charge in [-0.25, -0.2) is 0 Å². The fourth-order valence-electron chi connectivity index (χ4n) is 2.58. The fourth-order valence-corrected chi connectivity index (χ4v) is 3.64. The second-order valence-electron chi connectivity index (χ2n) is 6.27. The molecular formula is C21H27OS2+. The normalized spacial score (nSPS) is 11.1. The first kappa shape index (κ1) is 18.9. The van der Waals surface area contributed by atoms with Gasteiger partial charge in [0.05, 0.1) is 0 Å². The van der Waals surface area contributed by atoms with Crippen LogP contribution in [-0.4, -0.2) is 0 Å². The van der Waals surface area contributed by atoms with Gasteiger partial charge in [-0.2, -0.15) is 0 Å². The monoisotopic (exact) mass is 359 g/mol. The van der Waals surface area contributed by atoms with E-state index < -0.39 is 0 Å². The quantitative estimate of drug-likeness (QED) is 0.480. The molecule has 1 aromatic heterocycles. The van der Waals surface area contributed by atoms with Crippen LogP contribution in [0, 0.1) is 13.8 Å². The van der Waals surface area contributed by atoms with E-state index in [4.69, 9.17) is 4.74 Å². The SMILES string of the molecule is CC.Cc1cc(C(C)(C)[SH2+])cc(C)c1Oc1cc2ccccc2s1. The van der Waals surface area contributed by atoms with Gasteiger partial charge >= 0.3 is 0 Å². The standard InChI is InChI=1S/C19H20OS2.C2H6/c1-12-9-15(19(3,4)21)10-13(2)18(12)20-17-11-14-7-5-6-8-16(14)22-17;1-2/h5-11,21H,1-4H3;1-2H3/p+1. The average Bonchev–Trinajstić information content (AvgIpc) is 2.94. The third kappa shape index (κ3) is 4.14. The van der Waals surface area contributed by atoms with Crippen molar-refractivity contribution in [3.8, 4) is 10.8 Å². The maximum absolute atomic E-state index is 6.20. The number of fused-ring (bicyclic) bond motifs is 1. The van der Waals surface area contributed by atoms with Gasteiger partial charge in [-0.05, 0) is 75.0 Å². The first-order valence-corrected chi connectivity index (χ1v) is 9.69. The van der Waals surface area contributed by atoms with Gasteiger partial charge in [-0.15, -0.1) is 0 Å². The Balaban J connectivity index is 0.00000100. The number of aryl methyl sites for hydroxylation is 2. The predicted octanol–water partition coefficient (Wildman–Crippen LogP) is 6.58. The largest absolute Gasteiger partial charge is 0.446 e. The minimum atomic E-state index is -0.0360. The number of ether oxygens (including phenoxy) is 1. The van der Waals surface area contributed by atoms with E-state index >= 15 is 0 Å². The average molecular weight is 360 g/mol. The molecular weight excluding hydrogens is 332 g/mol. The summed E-state index contributed by atoms with van der Waals surface area (Å²) in [7, 11) is 0. The topological polar surface area (TPSA) is 9.23 Å². The summed E-state index contributed by atoms with van der Waals surface area (Å²) in [5.41, 5.74) is 3.60. The summed E-state index contributed by atoms with van der Waals surface area (Å²) in [5.74, 6) is 0.964. The fraction of sp³-hybridized carbons (Fsp3) is 0.333. The van der Waals surface area contributed by atoms with Crippen molar-refractivity contribution in [3.63, 3.8) is 0 Å². The summed E-state index contributed by atoms with van der Waals surface area (Å²) in [6.07, 6.45) is 0. The van der Waals surface area contributed by atoms with Crippen LogP contribution in [0.4, 0.5) is 0 Å². The van der Waals surface area contributed by atoms with Crippen molar-refractivity contribution in [3.05, 3.63) is 59.2 Å². The number of rotatable bonds is 3.